The fourth-order valence-corrected chi connectivity index (χ4v) is 5.17. The van der Waals surface area contributed by atoms with Crippen molar-refractivity contribution >= 4 is 17.5 Å². The SMILES string of the molecule is Cc1c(NC(=O)C(C)N2CCN(CC(=O)N3CCCCC3C)CC2)c(=O)n(-c2ccccc2)n1C. The number of nitrogens with one attached hydrogen (secondary N) is 1. The molecule has 2 aromatic rings. The summed E-state index contributed by atoms with van der Waals surface area (Å²) in [5.41, 5.74) is 1.52. The molecule has 0 saturated carbocycles. The van der Waals surface area contributed by atoms with Gasteiger partial charge in [-0.2, -0.15) is 0 Å². The van der Waals surface area contributed by atoms with E-state index in [0.717, 1.165) is 38.2 Å². The van der Waals surface area contributed by atoms with Gasteiger partial charge < -0.3 is 10.2 Å². The summed E-state index contributed by atoms with van der Waals surface area (Å²) >= 11 is 0. The Morgan fingerprint density at radius 1 is 1.06 bits per heavy atom. The number of carbonyl (C=O) groups excluding carboxylic acids is 2. The lowest BCUT2D eigenvalue weighted by molar-refractivity contribution is -0.136. The van der Waals surface area contributed by atoms with Crippen molar-refractivity contribution in [1.82, 2.24) is 24.1 Å². The number of piperazine rings is 1. The second-order valence-electron chi connectivity index (χ2n) is 9.85. The second kappa shape index (κ2) is 10.8. The minimum Gasteiger partial charge on any atom is -0.339 e. The molecule has 3 heterocycles. The summed E-state index contributed by atoms with van der Waals surface area (Å²) in [6.07, 6.45) is 3.38. The van der Waals surface area contributed by atoms with Gasteiger partial charge in [0, 0.05) is 45.8 Å². The molecule has 1 aromatic carbocycles. The molecule has 2 fully saturated rings. The molecule has 35 heavy (non-hydrogen) atoms. The van der Waals surface area contributed by atoms with Crippen LogP contribution in [0.2, 0.25) is 0 Å². The third kappa shape index (κ3) is 5.36. The lowest BCUT2D eigenvalue weighted by atomic mass is 10.0. The van der Waals surface area contributed by atoms with Crippen molar-refractivity contribution in [3.8, 4) is 5.69 Å². The number of piperidine rings is 1. The summed E-state index contributed by atoms with van der Waals surface area (Å²) in [5.74, 6) is 0.0216. The first-order valence-corrected chi connectivity index (χ1v) is 12.7. The van der Waals surface area contributed by atoms with Crippen LogP contribution in [0.5, 0.6) is 0 Å². The standard InChI is InChI=1S/C26H38N6O3/c1-19-10-8-9-13-31(19)23(33)18-29-14-16-30(17-15-29)21(3)25(34)27-24-20(2)28(4)32(26(24)35)22-11-6-5-7-12-22/h5-7,11-12,19,21H,8-10,13-18H2,1-4H3,(H,27,34). The average Bonchev–Trinajstić information content (AvgIpc) is 3.07. The number of nitrogens with zero attached hydrogens (tertiary/aromatic N) is 5. The Morgan fingerprint density at radius 3 is 2.40 bits per heavy atom. The van der Waals surface area contributed by atoms with E-state index in [4.69, 9.17) is 0 Å². The normalized spacial score (nSPS) is 20.6. The van der Waals surface area contributed by atoms with Crippen molar-refractivity contribution in [1.29, 1.82) is 0 Å². The predicted molar refractivity (Wildman–Crippen MR) is 137 cm³/mol. The van der Waals surface area contributed by atoms with Gasteiger partial charge in [-0.3, -0.25) is 28.9 Å². The fourth-order valence-electron chi connectivity index (χ4n) is 5.17. The summed E-state index contributed by atoms with van der Waals surface area (Å²) in [4.78, 5) is 45.3. The number of likely N-dealkylation sites (tertiary alicyclic amines) is 1. The van der Waals surface area contributed by atoms with Crippen LogP contribution in [0.15, 0.2) is 35.1 Å². The molecule has 0 bridgehead atoms. The third-order valence-electron chi connectivity index (χ3n) is 7.62. The smallest absolute Gasteiger partial charge is 0.295 e. The highest BCUT2D eigenvalue weighted by Gasteiger charge is 2.30. The summed E-state index contributed by atoms with van der Waals surface area (Å²) in [7, 11) is 1.81. The van der Waals surface area contributed by atoms with E-state index in [1.54, 1.807) is 9.36 Å². The maximum Gasteiger partial charge on any atom is 0.295 e. The van der Waals surface area contributed by atoms with Crippen molar-refractivity contribution in [2.45, 2.75) is 52.1 Å². The molecule has 2 unspecified atom stereocenters. The molecule has 2 aliphatic rings. The quantitative estimate of drug-likeness (QED) is 0.679. The van der Waals surface area contributed by atoms with Crippen LogP contribution in [0.3, 0.4) is 0 Å². The second-order valence-corrected chi connectivity index (χ2v) is 9.85. The molecule has 2 amide bonds. The van der Waals surface area contributed by atoms with Gasteiger partial charge in [-0.05, 0) is 52.2 Å². The number of hydrogen-bond acceptors (Lipinski definition) is 5. The largest absolute Gasteiger partial charge is 0.339 e. The van der Waals surface area contributed by atoms with E-state index >= 15 is 0 Å². The third-order valence-corrected chi connectivity index (χ3v) is 7.62. The number of anilines is 1. The molecule has 1 aromatic heterocycles. The maximum absolute atomic E-state index is 13.1. The van der Waals surface area contributed by atoms with Crippen LogP contribution in [0, 0.1) is 6.92 Å². The van der Waals surface area contributed by atoms with Gasteiger partial charge in [0.25, 0.3) is 5.56 Å². The highest BCUT2D eigenvalue weighted by Crippen LogP contribution is 2.18. The Bertz CT molecular complexity index is 1100. The zero-order valence-electron chi connectivity index (χ0n) is 21.4. The van der Waals surface area contributed by atoms with Crippen LogP contribution < -0.4 is 10.9 Å². The molecule has 9 heteroatoms. The topological polar surface area (TPSA) is 82.8 Å². The number of hydrogen-bond donors (Lipinski definition) is 1. The Kier molecular flexibility index (Phi) is 7.76. The van der Waals surface area contributed by atoms with Crippen LogP contribution in [-0.2, 0) is 16.6 Å². The number of benzene rings is 1. The van der Waals surface area contributed by atoms with E-state index in [0.29, 0.717) is 37.1 Å². The van der Waals surface area contributed by atoms with Crippen molar-refractivity contribution in [2.24, 2.45) is 7.05 Å². The van der Waals surface area contributed by atoms with Crippen LogP contribution >= 0.6 is 0 Å². The molecule has 0 radical (unpaired) electrons. The van der Waals surface area contributed by atoms with E-state index < -0.39 is 0 Å². The first kappa shape index (κ1) is 25.2. The van der Waals surface area contributed by atoms with Crippen LogP contribution in [0.25, 0.3) is 5.69 Å². The van der Waals surface area contributed by atoms with E-state index in [2.05, 4.69) is 22.0 Å². The molecule has 0 aliphatic carbocycles. The number of rotatable bonds is 6. The lowest BCUT2D eigenvalue weighted by Gasteiger charge is -2.39. The first-order valence-electron chi connectivity index (χ1n) is 12.7. The molecule has 1 N–H and O–H groups in total. The molecule has 190 valence electrons. The van der Waals surface area contributed by atoms with Gasteiger partial charge in [0.2, 0.25) is 11.8 Å². The Balaban J connectivity index is 1.34. The molecule has 4 rings (SSSR count). The predicted octanol–water partition coefficient (Wildman–Crippen LogP) is 1.83. The highest BCUT2D eigenvalue weighted by atomic mass is 16.2. The molecule has 2 aliphatic heterocycles. The van der Waals surface area contributed by atoms with Gasteiger partial charge in [0.1, 0.15) is 5.69 Å². The van der Waals surface area contributed by atoms with Gasteiger partial charge >= 0.3 is 0 Å². The number of aromatic nitrogens is 2. The van der Waals surface area contributed by atoms with Crippen LogP contribution in [-0.4, -0.2) is 87.2 Å². The Labute approximate surface area is 207 Å². The summed E-state index contributed by atoms with van der Waals surface area (Å²) < 4.78 is 3.32. The molecule has 9 nitrogen and oxygen atoms in total. The molecular formula is C26H38N6O3. The van der Waals surface area contributed by atoms with Crippen molar-refractivity contribution < 1.29 is 9.59 Å². The van der Waals surface area contributed by atoms with Crippen molar-refractivity contribution in [3.05, 3.63) is 46.4 Å². The highest BCUT2D eigenvalue weighted by molar-refractivity contribution is 5.95. The van der Waals surface area contributed by atoms with Crippen molar-refractivity contribution in [2.75, 3.05) is 44.6 Å². The fraction of sp³-hybridized carbons (Fsp3) is 0.577. The molecule has 0 spiro atoms. The molecule has 2 atom stereocenters. The minimum atomic E-state index is -0.376. The van der Waals surface area contributed by atoms with E-state index in [1.165, 1.54) is 6.42 Å². The summed E-state index contributed by atoms with van der Waals surface area (Å²) in [6, 6.07) is 9.35. The van der Waals surface area contributed by atoms with Crippen LogP contribution in [0.1, 0.15) is 38.8 Å². The zero-order valence-corrected chi connectivity index (χ0v) is 21.4. The first-order chi connectivity index (χ1) is 16.8. The zero-order chi connectivity index (χ0) is 25.1. The van der Waals surface area contributed by atoms with Crippen LogP contribution in [0.4, 0.5) is 5.69 Å². The lowest BCUT2D eigenvalue weighted by Crippen LogP contribution is -2.55. The van der Waals surface area contributed by atoms with Crippen molar-refractivity contribution in [3.63, 3.8) is 0 Å². The van der Waals surface area contributed by atoms with E-state index in [1.807, 2.05) is 56.1 Å². The summed E-state index contributed by atoms with van der Waals surface area (Å²) in [5, 5.41) is 2.89. The van der Waals surface area contributed by atoms with E-state index in [-0.39, 0.29) is 23.4 Å². The summed E-state index contributed by atoms with van der Waals surface area (Å²) in [6.45, 7) is 10.1. The monoisotopic (exact) mass is 482 g/mol. The van der Waals surface area contributed by atoms with Gasteiger partial charge in [0.05, 0.1) is 24.0 Å². The van der Waals surface area contributed by atoms with E-state index in [9.17, 15) is 14.4 Å². The van der Waals surface area contributed by atoms with Gasteiger partial charge in [-0.25, -0.2) is 4.68 Å². The number of amides is 2. The number of carbonyl (C=O) groups is 2. The molecule has 2 saturated heterocycles. The minimum absolute atomic E-state index is 0.192. The average molecular weight is 483 g/mol. The Morgan fingerprint density at radius 2 is 1.74 bits per heavy atom. The van der Waals surface area contributed by atoms with Gasteiger partial charge in [-0.15, -0.1) is 0 Å². The number of para-hydroxylation sites is 1. The molecular weight excluding hydrogens is 444 g/mol. The maximum atomic E-state index is 13.1. The van der Waals surface area contributed by atoms with Gasteiger partial charge in [-0.1, -0.05) is 18.2 Å². The Hall–Kier alpha value is -2.91. The van der Waals surface area contributed by atoms with Gasteiger partial charge in [0.15, 0.2) is 0 Å².